The Hall–Kier alpha value is -2.38. The quantitative estimate of drug-likeness (QED) is 0.890. The zero-order valence-electron chi connectivity index (χ0n) is 10.9. The zero-order chi connectivity index (χ0) is 15.3. The van der Waals surface area contributed by atoms with Crippen LogP contribution in [-0.2, 0) is 11.3 Å². The van der Waals surface area contributed by atoms with Gasteiger partial charge in [0.15, 0.2) is 5.82 Å². The predicted octanol–water partition coefficient (Wildman–Crippen LogP) is 2.43. The van der Waals surface area contributed by atoms with Crippen molar-refractivity contribution >= 4 is 5.91 Å². The van der Waals surface area contributed by atoms with Crippen LogP contribution in [0.5, 0.6) is 0 Å². The minimum absolute atomic E-state index is 0.0104. The maximum atomic E-state index is 12.0. The number of H-pyrrole nitrogens is 1. The zero-order valence-corrected chi connectivity index (χ0v) is 10.9. The van der Waals surface area contributed by atoms with Crippen molar-refractivity contribution in [3.05, 3.63) is 36.2 Å². The molecule has 0 aliphatic rings. The standard InChI is InChI=1S/C13H13F3N4O/c14-13(15,16)7-6-11(21)17-8-10-18-12(20-19-10)9-4-2-1-3-5-9/h1-5H,6-8H2,(H,17,21)(H,18,19,20). The van der Waals surface area contributed by atoms with Crippen molar-refractivity contribution in [3.8, 4) is 11.4 Å². The van der Waals surface area contributed by atoms with E-state index in [1.807, 2.05) is 30.3 Å². The second-order valence-corrected chi connectivity index (χ2v) is 4.36. The molecule has 0 saturated heterocycles. The first kappa shape index (κ1) is 15.0. The van der Waals surface area contributed by atoms with Gasteiger partial charge in [-0.25, -0.2) is 4.98 Å². The molecule has 0 saturated carbocycles. The van der Waals surface area contributed by atoms with Gasteiger partial charge in [0.05, 0.1) is 13.0 Å². The molecule has 21 heavy (non-hydrogen) atoms. The minimum Gasteiger partial charge on any atom is -0.349 e. The number of aromatic nitrogens is 3. The monoisotopic (exact) mass is 298 g/mol. The van der Waals surface area contributed by atoms with Gasteiger partial charge < -0.3 is 5.32 Å². The third-order valence-electron chi connectivity index (χ3n) is 2.65. The molecule has 0 unspecified atom stereocenters. The summed E-state index contributed by atoms with van der Waals surface area (Å²) in [5.41, 5.74) is 0.809. The van der Waals surface area contributed by atoms with Crippen LogP contribution in [0.3, 0.4) is 0 Å². The van der Waals surface area contributed by atoms with Crippen LogP contribution >= 0.6 is 0 Å². The van der Waals surface area contributed by atoms with E-state index < -0.39 is 24.9 Å². The van der Waals surface area contributed by atoms with Crippen LogP contribution < -0.4 is 5.32 Å². The molecule has 0 radical (unpaired) electrons. The topological polar surface area (TPSA) is 70.7 Å². The van der Waals surface area contributed by atoms with Crippen molar-refractivity contribution in [2.75, 3.05) is 0 Å². The Balaban J connectivity index is 1.85. The number of amides is 1. The number of halogens is 3. The summed E-state index contributed by atoms with van der Waals surface area (Å²) in [4.78, 5) is 15.4. The number of benzene rings is 1. The summed E-state index contributed by atoms with van der Waals surface area (Å²) in [5, 5.41) is 8.98. The maximum absolute atomic E-state index is 12.0. The van der Waals surface area contributed by atoms with Gasteiger partial charge in [-0.1, -0.05) is 30.3 Å². The average molecular weight is 298 g/mol. The molecule has 5 nitrogen and oxygen atoms in total. The van der Waals surface area contributed by atoms with Gasteiger partial charge in [0, 0.05) is 12.0 Å². The van der Waals surface area contributed by atoms with Crippen LogP contribution in [0.4, 0.5) is 13.2 Å². The van der Waals surface area contributed by atoms with E-state index in [2.05, 4.69) is 20.5 Å². The number of hydrogen-bond donors (Lipinski definition) is 2. The molecular formula is C13H13F3N4O. The summed E-state index contributed by atoms with van der Waals surface area (Å²) in [7, 11) is 0. The molecule has 1 amide bonds. The molecule has 0 atom stereocenters. The van der Waals surface area contributed by atoms with E-state index in [-0.39, 0.29) is 6.54 Å². The Labute approximate surface area is 118 Å². The molecule has 2 rings (SSSR count). The van der Waals surface area contributed by atoms with E-state index in [9.17, 15) is 18.0 Å². The van der Waals surface area contributed by atoms with Crippen molar-refractivity contribution in [2.24, 2.45) is 0 Å². The summed E-state index contributed by atoms with van der Waals surface area (Å²) in [6.45, 7) is 0.0104. The van der Waals surface area contributed by atoms with Gasteiger partial charge in [-0.2, -0.15) is 18.3 Å². The van der Waals surface area contributed by atoms with Gasteiger partial charge in [0.25, 0.3) is 0 Å². The Kier molecular flexibility index (Phi) is 4.56. The van der Waals surface area contributed by atoms with E-state index in [0.717, 1.165) is 5.56 Å². The number of carbonyl (C=O) groups excluding carboxylic acids is 1. The first-order valence-electron chi connectivity index (χ1n) is 6.24. The van der Waals surface area contributed by atoms with Gasteiger partial charge in [0.1, 0.15) is 5.82 Å². The van der Waals surface area contributed by atoms with Crippen molar-refractivity contribution in [1.29, 1.82) is 0 Å². The molecule has 0 spiro atoms. The highest BCUT2D eigenvalue weighted by Crippen LogP contribution is 2.21. The number of hydrogen-bond acceptors (Lipinski definition) is 3. The fraction of sp³-hybridized carbons (Fsp3) is 0.308. The van der Waals surface area contributed by atoms with Crippen molar-refractivity contribution in [1.82, 2.24) is 20.5 Å². The minimum atomic E-state index is -4.33. The van der Waals surface area contributed by atoms with E-state index in [0.29, 0.717) is 11.6 Å². The molecule has 1 heterocycles. The normalized spacial score (nSPS) is 11.4. The summed E-state index contributed by atoms with van der Waals surface area (Å²) in [6, 6.07) is 9.19. The number of nitrogens with one attached hydrogen (secondary N) is 2. The maximum Gasteiger partial charge on any atom is 0.389 e. The molecule has 0 fully saturated rings. The van der Waals surface area contributed by atoms with Gasteiger partial charge in [-0.3, -0.25) is 9.89 Å². The Morgan fingerprint density at radius 1 is 1.24 bits per heavy atom. The van der Waals surface area contributed by atoms with E-state index in [4.69, 9.17) is 0 Å². The summed E-state index contributed by atoms with van der Waals surface area (Å²) in [6.07, 6.45) is -6.06. The molecule has 112 valence electrons. The van der Waals surface area contributed by atoms with Crippen LogP contribution in [0.1, 0.15) is 18.7 Å². The second kappa shape index (κ2) is 6.38. The van der Waals surface area contributed by atoms with Gasteiger partial charge in [0.2, 0.25) is 5.91 Å². The predicted molar refractivity (Wildman–Crippen MR) is 69.0 cm³/mol. The lowest BCUT2D eigenvalue weighted by Crippen LogP contribution is -2.25. The second-order valence-electron chi connectivity index (χ2n) is 4.36. The molecule has 1 aromatic heterocycles. The molecule has 0 aliphatic carbocycles. The van der Waals surface area contributed by atoms with Crippen molar-refractivity contribution < 1.29 is 18.0 Å². The Morgan fingerprint density at radius 3 is 2.62 bits per heavy atom. The first-order chi connectivity index (χ1) is 9.94. The van der Waals surface area contributed by atoms with Crippen LogP contribution in [0.2, 0.25) is 0 Å². The molecule has 0 aliphatic heterocycles. The number of aromatic amines is 1. The highest BCUT2D eigenvalue weighted by Gasteiger charge is 2.27. The molecule has 2 N–H and O–H groups in total. The van der Waals surface area contributed by atoms with Gasteiger partial charge in [-0.15, -0.1) is 0 Å². The summed E-state index contributed by atoms with van der Waals surface area (Å²) in [5.74, 6) is 0.175. The van der Waals surface area contributed by atoms with E-state index >= 15 is 0 Å². The van der Waals surface area contributed by atoms with E-state index in [1.54, 1.807) is 0 Å². The third-order valence-corrected chi connectivity index (χ3v) is 2.65. The lowest BCUT2D eigenvalue weighted by molar-refractivity contribution is -0.144. The first-order valence-corrected chi connectivity index (χ1v) is 6.24. The smallest absolute Gasteiger partial charge is 0.349 e. The number of alkyl halides is 3. The van der Waals surface area contributed by atoms with Crippen LogP contribution in [0.25, 0.3) is 11.4 Å². The molecular weight excluding hydrogens is 285 g/mol. The molecule has 0 bridgehead atoms. The van der Waals surface area contributed by atoms with Gasteiger partial charge in [-0.05, 0) is 0 Å². The Bertz CT molecular complexity index is 595. The van der Waals surface area contributed by atoms with Crippen LogP contribution in [-0.4, -0.2) is 27.3 Å². The summed E-state index contributed by atoms with van der Waals surface area (Å²) < 4.78 is 35.9. The lowest BCUT2D eigenvalue weighted by Gasteiger charge is -2.05. The van der Waals surface area contributed by atoms with Crippen molar-refractivity contribution in [2.45, 2.75) is 25.6 Å². The largest absolute Gasteiger partial charge is 0.389 e. The average Bonchev–Trinajstić information content (AvgIpc) is 2.92. The molecule has 1 aromatic carbocycles. The number of nitrogens with zero attached hydrogens (tertiary/aromatic N) is 2. The lowest BCUT2D eigenvalue weighted by atomic mass is 10.2. The SMILES string of the molecule is O=C(CCC(F)(F)F)NCc1nc(-c2ccccc2)n[nH]1. The van der Waals surface area contributed by atoms with E-state index in [1.165, 1.54) is 0 Å². The van der Waals surface area contributed by atoms with Crippen LogP contribution in [0.15, 0.2) is 30.3 Å². The molecule has 2 aromatic rings. The highest BCUT2D eigenvalue weighted by atomic mass is 19.4. The Morgan fingerprint density at radius 2 is 1.95 bits per heavy atom. The third kappa shape index (κ3) is 4.90. The number of carbonyl (C=O) groups is 1. The summed E-state index contributed by atoms with van der Waals surface area (Å²) >= 11 is 0. The highest BCUT2D eigenvalue weighted by molar-refractivity contribution is 5.75. The fourth-order valence-electron chi connectivity index (χ4n) is 1.62. The molecule has 8 heteroatoms. The van der Waals surface area contributed by atoms with Crippen LogP contribution in [0, 0.1) is 0 Å². The van der Waals surface area contributed by atoms with Crippen molar-refractivity contribution in [3.63, 3.8) is 0 Å². The number of rotatable bonds is 5. The fourth-order valence-corrected chi connectivity index (χ4v) is 1.62. The van der Waals surface area contributed by atoms with Gasteiger partial charge >= 0.3 is 6.18 Å².